The fourth-order valence-corrected chi connectivity index (χ4v) is 1.94. The molecule has 0 saturated heterocycles. The highest BCUT2D eigenvalue weighted by atomic mass is 32.2. The molecule has 0 aliphatic heterocycles. The summed E-state index contributed by atoms with van der Waals surface area (Å²) < 4.78 is 18.5. The fourth-order valence-electron chi connectivity index (χ4n) is 0.361. The van der Waals surface area contributed by atoms with Crippen LogP contribution in [0.5, 0.6) is 0 Å². The smallest absolute Gasteiger partial charge is 0.152 e. The monoisotopic (exact) mass is 152 g/mol. The van der Waals surface area contributed by atoms with Gasteiger partial charge in [-0.25, -0.2) is 4.21 Å². The summed E-state index contributed by atoms with van der Waals surface area (Å²) in [6, 6.07) is 0. The van der Waals surface area contributed by atoms with Gasteiger partial charge in [0.05, 0.1) is 0 Å². The van der Waals surface area contributed by atoms with E-state index in [0.717, 1.165) is 16.7 Å². The van der Waals surface area contributed by atoms with Gasteiger partial charge >= 0.3 is 0 Å². The molecule has 0 aliphatic carbocycles. The first-order valence-electron chi connectivity index (χ1n) is 2.74. The summed E-state index contributed by atoms with van der Waals surface area (Å²) in [6.07, 6.45) is 1.04. The molecule has 0 bridgehead atoms. The molecular formula is C4H12O2SSi. The average molecular weight is 152 g/mol. The Bertz CT molecular complexity index is 86.1. The number of hydrogen-bond donors (Lipinski definition) is 1. The van der Waals surface area contributed by atoms with Crippen LogP contribution in [0.3, 0.4) is 0 Å². The molecule has 50 valence electrons. The minimum atomic E-state index is -1.56. The van der Waals surface area contributed by atoms with E-state index >= 15 is 0 Å². The second-order valence-electron chi connectivity index (χ2n) is 2.00. The Morgan fingerprint density at radius 2 is 2.38 bits per heavy atom. The van der Waals surface area contributed by atoms with Crippen molar-refractivity contribution in [1.29, 1.82) is 0 Å². The van der Waals surface area contributed by atoms with Crippen LogP contribution in [-0.4, -0.2) is 24.8 Å². The Balaban J connectivity index is 3.24. The molecule has 1 N–H and O–H groups in total. The highest BCUT2D eigenvalue weighted by Crippen LogP contribution is 2.03. The summed E-state index contributed by atoms with van der Waals surface area (Å²) in [6.45, 7) is 2.05. The van der Waals surface area contributed by atoms with E-state index in [1.54, 1.807) is 0 Å². The van der Waals surface area contributed by atoms with E-state index < -0.39 is 11.1 Å². The van der Waals surface area contributed by atoms with Gasteiger partial charge in [-0.05, 0) is 5.54 Å². The van der Waals surface area contributed by atoms with E-state index in [4.69, 9.17) is 4.55 Å². The van der Waals surface area contributed by atoms with Crippen LogP contribution in [0, 0.1) is 0 Å². The van der Waals surface area contributed by atoms with Gasteiger partial charge in [-0.2, -0.15) is 0 Å². The molecule has 2 nitrogen and oxygen atoms in total. The van der Waals surface area contributed by atoms with Gasteiger partial charge in [-0.1, -0.05) is 13.3 Å². The molecule has 2 unspecified atom stereocenters. The number of hydrogen-bond acceptors (Lipinski definition) is 1. The molecule has 2 atom stereocenters. The lowest BCUT2D eigenvalue weighted by Gasteiger charge is -2.01. The van der Waals surface area contributed by atoms with Crippen molar-refractivity contribution in [2.45, 2.75) is 18.9 Å². The Morgan fingerprint density at radius 3 is 2.50 bits per heavy atom. The van der Waals surface area contributed by atoms with Crippen LogP contribution in [0.1, 0.15) is 13.3 Å². The summed E-state index contributed by atoms with van der Waals surface area (Å²) in [5.74, 6) is 0.475. The number of rotatable bonds is 3. The van der Waals surface area contributed by atoms with Crippen LogP contribution < -0.4 is 0 Å². The van der Waals surface area contributed by atoms with E-state index in [2.05, 4.69) is 0 Å². The van der Waals surface area contributed by atoms with Crippen LogP contribution in [0.25, 0.3) is 0 Å². The average Bonchev–Trinajstić information content (AvgIpc) is 1.65. The standard InChI is InChI=1S/C4H12O2SSi/c1-2-4(8)3-7(5)6/h4H,2-3H2,1,8H3,(H,5,6). The normalized spacial score (nSPS) is 18.2. The minimum Gasteiger partial charge on any atom is -0.306 e. The third-order valence-corrected chi connectivity index (χ3v) is 3.79. The van der Waals surface area contributed by atoms with Crippen LogP contribution in [-0.2, 0) is 11.1 Å². The van der Waals surface area contributed by atoms with Crippen molar-refractivity contribution in [2.75, 3.05) is 5.75 Å². The molecule has 0 radical (unpaired) electrons. The van der Waals surface area contributed by atoms with Crippen molar-refractivity contribution in [1.82, 2.24) is 0 Å². The van der Waals surface area contributed by atoms with Crippen molar-refractivity contribution < 1.29 is 8.76 Å². The van der Waals surface area contributed by atoms with E-state index in [-0.39, 0.29) is 0 Å². The van der Waals surface area contributed by atoms with Crippen molar-refractivity contribution in [3.05, 3.63) is 0 Å². The van der Waals surface area contributed by atoms with Gasteiger partial charge in [0.15, 0.2) is 11.1 Å². The summed E-state index contributed by atoms with van der Waals surface area (Å²) in [5.41, 5.74) is 0.515. The van der Waals surface area contributed by atoms with Gasteiger partial charge in [0.1, 0.15) is 0 Å². The lowest BCUT2D eigenvalue weighted by molar-refractivity contribution is 0.561. The third-order valence-electron chi connectivity index (χ3n) is 1.12. The second-order valence-corrected chi connectivity index (χ2v) is 4.61. The van der Waals surface area contributed by atoms with Crippen LogP contribution in [0.15, 0.2) is 0 Å². The van der Waals surface area contributed by atoms with E-state index in [0.29, 0.717) is 11.3 Å². The highest BCUT2D eigenvalue weighted by molar-refractivity contribution is 7.79. The molecule has 0 amide bonds. The first kappa shape index (κ1) is 8.33. The lowest BCUT2D eigenvalue weighted by atomic mass is 10.4. The first-order chi connectivity index (χ1) is 3.66. The molecule has 0 saturated carbocycles. The molecule has 4 heteroatoms. The molecule has 0 aromatic heterocycles. The summed E-state index contributed by atoms with van der Waals surface area (Å²) >= 11 is -1.56. The minimum absolute atomic E-state index is 0.475. The van der Waals surface area contributed by atoms with Gasteiger partial charge in [-0.3, -0.25) is 0 Å². The Morgan fingerprint density at radius 1 is 1.88 bits per heavy atom. The zero-order valence-electron chi connectivity index (χ0n) is 5.26. The largest absolute Gasteiger partial charge is 0.306 e. The van der Waals surface area contributed by atoms with Crippen molar-refractivity contribution in [3.63, 3.8) is 0 Å². The van der Waals surface area contributed by atoms with Crippen LogP contribution in [0.2, 0.25) is 5.54 Å². The molecule has 0 aromatic carbocycles. The second kappa shape index (κ2) is 4.23. The van der Waals surface area contributed by atoms with Gasteiger partial charge in [0, 0.05) is 16.0 Å². The van der Waals surface area contributed by atoms with Gasteiger partial charge in [0.25, 0.3) is 0 Å². The Hall–Kier alpha value is 0.327. The molecule has 0 fully saturated rings. The predicted octanol–water partition coefficient (Wildman–Crippen LogP) is -0.228. The maximum atomic E-state index is 10.1. The molecule has 0 spiro atoms. The summed E-state index contributed by atoms with van der Waals surface area (Å²) in [5, 5.41) is 0. The van der Waals surface area contributed by atoms with Crippen molar-refractivity contribution >= 4 is 21.3 Å². The third kappa shape index (κ3) is 4.48. The van der Waals surface area contributed by atoms with E-state index in [1.807, 2.05) is 6.92 Å². The zero-order chi connectivity index (χ0) is 6.57. The fraction of sp³-hybridized carbons (Fsp3) is 1.00. The van der Waals surface area contributed by atoms with E-state index in [1.165, 1.54) is 0 Å². The highest BCUT2D eigenvalue weighted by Gasteiger charge is 2.00. The molecule has 0 aliphatic rings. The Kier molecular flexibility index (Phi) is 4.40. The molecule has 8 heavy (non-hydrogen) atoms. The van der Waals surface area contributed by atoms with Crippen LogP contribution in [0.4, 0.5) is 0 Å². The summed E-state index contributed by atoms with van der Waals surface area (Å²) in [4.78, 5) is 0. The van der Waals surface area contributed by atoms with Crippen molar-refractivity contribution in [3.8, 4) is 0 Å². The SMILES string of the molecule is CCC([SiH3])CS(=O)O. The van der Waals surface area contributed by atoms with Crippen molar-refractivity contribution in [2.24, 2.45) is 0 Å². The zero-order valence-corrected chi connectivity index (χ0v) is 8.07. The quantitative estimate of drug-likeness (QED) is 0.448. The topological polar surface area (TPSA) is 37.3 Å². The maximum absolute atomic E-state index is 10.1. The predicted molar refractivity (Wildman–Crippen MR) is 39.6 cm³/mol. The Labute approximate surface area is 55.4 Å². The lowest BCUT2D eigenvalue weighted by Crippen LogP contribution is -2.02. The maximum Gasteiger partial charge on any atom is 0.152 e. The van der Waals surface area contributed by atoms with Gasteiger partial charge < -0.3 is 4.55 Å². The summed E-state index contributed by atoms with van der Waals surface area (Å²) in [7, 11) is 1.03. The van der Waals surface area contributed by atoms with E-state index in [9.17, 15) is 4.21 Å². The van der Waals surface area contributed by atoms with Gasteiger partial charge in [-0.15, -0.1) is 0 Å². The molecular weight excluding hydrogens is 140 g/mol. The molecule has 0 aromatic rings. The van der Waals surface area contributed by atoms with Crippen LogP contribution >= 0.6 is 0 Å². The molecule has 0 rings (SSSR count). The first-order valence-corrected chi connectivity index (χ1v) is 5.17. The van der Waals surface area contributed by atoms with Gasteiger partial charge in [0.2, 0.25) is 0 Å². The molecule has 0 heterocycles.